The first kappa shape index (κ1) is 15.9. The van der Waals surface area contributed by atoms with Crippen LogP contribution in [0.4, 0.5) is 0 Å². The fourth-order valence-electron chi connectivity index (χ4n) is 1.80. The van der Waals surface area contributed by atoms with E-state index in [0.29, 0.717) is 11.3 Å². The molecule has 0 aliphatic carbocycles. The summed E-state index contributed by atoms with van der Waals surface area (Å²) < 4.78 is 27.1. The molecule has 7 heteroatoms. The number of pyridine rings is 1. The number of aryl methyl sites for hydroxylation is 1. The molecule has 2 aromatic rings. The molecule has 0 aliphatic heterocycles. The molecule has 0 atom stereocenters. The van der Waals surface area contributed by atoms with Crippen molar-refractivity contribution >= 4 is 21.6 Å². The van der Waals surface area contributed by atoms with E-state index in [1.165, 1.54) is 12.1 Å². The van der Waals surface area contributed by atoms with E-state index in [0.717, 1.165) is 5.56 Å². The third kappa shape index (κ3) is 3.79. The number of sulfonamides is 1. The number of rotatable bonds is 5. The molecule has 2 rings (SSSR count). The lowest BCUT2D eigenvalue weighted by atomic mass is 10.2. The quantitative estimate of drug-likeness (QED) is 0.881. The molecule has 0 aliphatic rings. The second kappa shape index (κ2) is 6.53. The lowest BCUT2D eigenvalue weighted by Gasteiger charge is -2.10. The molecule has 0 spiro atoms. The van der Waals surface area contributed by atoms with Gasteiger partial charge in [-0.3, -0.25) is 4.98 Å². The average Bonchev–Trinajstić information content (AvgIpc) is 2.47. The first-order valence-electron chi connectivity index (χ1n) is 6.23. The molecule has 0 unspecified atom stereocenters. The van der Waals surface area contributed by atoms with Crippen LogP contribution in [0.3, 0.4) is 0 Å². The van der Waals surface area contributed by atoms with Crippen LogP contribution in [0.15, 0.2) is 41.4 Å². The average molecular weight is 327 g/mol. The van der Waals surface area contributed by atoms with Crippen LogP contribution >= 0.6 is 11.6 Å². The topological polar surface area (TPSA) is 79.3 Å². The molecule has 0 amide bonds. The maximum atomic E-state index is 12.3. The van der Waals surface area contributed by atoms with E-state index in [2.05, 4.69) is 9.71 Å². The Morgan fingerprint density at radius 3 is 2.76 bits per heavy atom. The van der Waals surface area contributed by atoms with Crippen molar-refractivity contribution < 1.29 is 13.5 Å². The van der Waals surface area contributed by atoms with Gasteiger partial charge in [0.05, 0.1) is 23.9 Å². The van der Waals surface area contributed by atoms with Gasteiger partial charge in [0.2, 0.25) is 10.0 Å². The van der Waals surface area contributed by atoms with Gasteiger partial charge in [0, 0.05) is 6.20 Å². The number of hydrogen-bond acceptors (Lipinski definition) is 4. The number of aliphatic hydroxyl groups is 1. The fourth-order valence-corrected chi connectivity index (χ4v) is 3.33. The first-order valence-corrected chi connectivity index (χ1v) is 8.09. The second-order valence-electron chi connectivity index (χ2n) is 4.51. The maximum absolute atomic E-state index is 12.3. The molecule has 0 radical (unpaired) electrons. The lowest BCUT2D eigenvalue weighted by molar-refractivity contribution is 0.281. The van der Waals surface area contributed by atoms with Gasteiger partial charge in [-0.25, -0.2) is 13.1 Å². The van der Waals surface area contributed by atoms with Gasteiger partial charge in [-0.2, -0.15) is 0 Å². The molecule has 0 saturated heterocycles. The van der Waals surface area contributed by atoms with E-state index in [-0.39, 0.29) is 23.1 Å². The van der Waals surface area contributed by atoms with Gasteiger partial charge in [-0.05, 0) is 36.2 Å². The van der Waals surface area contributed by atoms with E-state index >= 15 is 0 Å². The monoisotopic (exact) mass is 326 g/mol. The van der Waals surface area contributed by atoms with Crippen LogP contribution in [0.1, 0.15) is 16.8 Å². The highest BCUT2D eigenvalue weighted by molar-refractivity contribution is 7.89. The molecule has 0 saturated carbocycles. The van der Waals surface area contributed by atoms with E-state index < -0.39 is 10.0 Å². The summed E-state index contributed by atoms with van der Waals surface area (Å²) in [6.45, 7) is 1.68. The van der Waals surface area contributed by atoms with Crippen LogP contribution in [-0.2, 0) is 23.2 Å². The zero-order valence-electron chi connectivity index (χ0n) is 11.4. The number of nitrogens with zero attached hydrogens (tertiary/aromatic N) is 1. The highest BCUT2D eigenvalue weighted by Crippen LogP contribution is 2.23. The van der Waals surface area contributed by atoms with E-state index in [4.69, 9.17) is 16.7 Å². The highest BCUT2D eigenvalue weighted by atomic mass is 35.5. The van der Waals surface area contributed by atoms with Crippen molar-refractivity contribution in [3.8, 4) is 0 Å². The van der Waals surface area contributed by atoms with E-state index in [1.807, 2.05) is 13.0 Å². The van der Waals surface area contributed by atoms with Crippen molar-refractivity contribution in [3.05, 3.63) is 58.4 Å². The molecular formula is C14H15ClN2O3S. The number of nitrogens with one attached hydrogen (secondary N) is 1. The minimum Gasteiger partial charge on any atom is -0.392 e. The molecule has 1 aromatic heterocycles. The van der Waals surface area contributed by atoms with Crippen LogP contribution in [-0.4, -0.2) is 18.5 Å². The van der Waals surface area contributed by atoms with Crippen molar-refractivity contribution in [2.24, 2.45) is 0 Å². The SMILES string of the molecule is Cc1cccnc1CNS(=O)(=O)c1cc(CO)ccc1Cl. The van der Waals surface area contributed by atoms with Gasteiger partial charge in [-0.1, -0.05) is 23.7 Å². The minimum atomic E-state index is -3.77. The number of aliphatic hydroxyl groups excluding tert-OH is 1. The summed E-state index contributed by atoms with van der Waals surface area (Å²) in [5.41, 5.74) is 2.03. The molecule has 0 bridgehead atoms. The number of benzene rings is 1. The van der Waals surface area contributed by atoms with Gasteiger partial charge >= 0.3 is 0 Å². The van der Waals surface area contributed by atoms with Gasteiger partial charge < -0.3 is 5.11 Å². The summed E-state index contributed by atoms with van der Waals surface area (Å²) in [4.78, 5) is 4.08. The summed E-state index contributed by atoms with van der Waals surface area (Å²) in [5.74, 6) is 0. The normalized spacial score (nSPS) is 11.6. The Kier molecular flexibility index (Phi) is 4.95. The minimum absolute atomic E-state index is 0.0516. The smallest absolute Gasteiger partial charge is 0.242 e. The van der Waals surface area contributed by atoms with Crippen LogP contribution in [0.5, 0.6) is 0 Å². The number of halogens is 1. The summed E-state index contributed by atoms with van der Waals surface area (Å²) in [6.07, 6.45) is 1.61. The second-order valence-corrected chi connectivity index (χ2v) is 6.66. The van der Waals surface area contributed by atoms with E-state index in [1.54, 1.807) is 18.3 Å². The Hall–Kier alpha value is -1.47. The Morgan fingerprint density at radius 1 is 1.33 bits per heavy atom. The summed E-state index contributed by atoms with van der Waals surface area (Å²) in [5, 5.41) is 9.20. The van der Waals surface area contributed by atoms with Gasteiger partial charge in [0.25, 0.3) is 0 Å². The maximum Gasteiger partial charge on any atom is 0.242 e. The fraction of sp³-hybridized carbons (Fsp3) is 0.214. The van der Waals surface area contributed by atoms with Crippen molar-refractivity contribution in [3.63, 3.8) is 0 Å². The van der Waals surface area contributed by atoms with E-state index in [9.17, 15) is 8.42 Å². The summed E-state index contributed by atoms with van der Waals surface area (Å²) in [6, 6.07) is 8.03. The van der Waals surface area contributed by atoms with Gasteiger partial charge in [-0.15, -0.1) is 0 Å². The largest absolute Gasteiger partial charge is 0.392 e. The standard InChI is InChI=1S/C14H15ClN2O3S/c1-10-3-2-6-16-13(10)8-17-21(19,20)14-7-11(9-18)4-5-12(14)15/h2-7,17-18H,8-9H2,1H3. The molecular weight excluding hydrogens is 312 g/mol. The Bertz CT molecular complexity index is 748. The number of aromatic nitrogens is 1. The molecule has 21 heavy (non-hydrogen) atoms. The molecule has 1 aromatic carbocycles. The Morgan fingerprint density at radius 2 is 2.10 bits per heavy atom. The summed E-state index contributed by atoms with van der Waals surface area (Å²) >= 11 is 5.93. The molecule has 5 nitrogen and oxygen atoms in total. The van der Waals surface area contributed by atoms with Crippen molar-refractivity contribution in [2.75, 3.05) is 0 Å². The van der Waals surface area contributed by atoms with Crippen LogP contribution in [0.2, 0.25) is 5.02 Å². The molecule has 0 fully saturated rings. The Balaban J connectivity index is 2.25. The first-order chi connectivity index (χ1) is 9.94. The zero-order valence-corrected chi connectivity index (χ0v) is 12.9. The predicted molar refractivity (Wildman–Crippen MR) is 80.4 cm³/mol. The zero-order chi connectivity index (χ0) is 15.5. The lowest BCUT2D eigenvalue weighted by Crippen LogP contribution is -2.24. The van der Waals surface area contributed by atoms with Gasteiger partial charge in [0.1, 0.15) is 4.90 Å². The van der Waals surface area contributed by atoms with Crippen molar-refractivity contribution in [2.45, 2.75) is 25.0 Å². The summed E-state index contributed by atoms with van der Waals surface area (Å²) in [7, 11) is -3.77. The predicted octanol–water partition coefficient (Wildman–Crippen LogP) is 2.01. The molecule has 112 valence electrons. The highest BCUT2D eigenvalue weighted by Gasteiger charge is 2.18. The van der Waals surface area contributed by atoms with Crippen LogP contribution < -0.4 is 4.72 Å². The van der Waals surface area contributed by atoms with Crippen LogP contribution in [0, 0.1) is 6.92 Å². The van der Waals surface area contributed by atoms with Crippen LogP contribution in [0.25, 0.3) is 0 Å². The van der Waals surface area contributed by atoms with Gasteiger partial charge in [0.15, 0.2) is 0 Å². The Labute approximate surface area is 128 Å². The van der Waals surface area contributed by atoms with Crippen molar-refractivity contribution in [1.82, 2.24) is 9.71 Å². The van der Waals surface area contributed by atoms with Crippen molar-refractivity contribution in [1.29, 1.82) is 0 Å². The molecule has 2 N–H and O–H groups in total. The number of hydrogen-bond donors (Lipinski definition) is 2. The third-order valence-corrected chi connectivity index (χ3v) is 4.90. The third-order valence-electron chi connectivity index (χ3n) is 3.02. The molecule has 1 heterocycles.